The highest BCUT2D eigenvalue weighted by molar-refractivity contribution is 6.12. The molecule has 0 spiro atoms. The van der Waals surface area contributed by atoms with Gasteiger partial charge in [0.05, 0.1) is 0 Å². The van der Waals surface area contributed by atoms with Crippen molar-refractivity contribution in [2.24, 2.45) is 0 Å². The van der Waals surface area contributed by atoms with E-state index < -0.39 is 0 Å². The van der Waals surface area contributed by atoms with Gasteiger partial charge in [0.1, 0.15) is 11.2 Å². The second kappa shape index (κ2) is 5.99. The summed E-state index contributed by atoms with van der Waals surface area (Å²) in [4.78, 5) is 0. The van der Waals surface area contributed by atoms with E-state index in [1.54, 1.807) is 0 Å². The Hall–Kier alpha value is -2.54. The summed E-state index contributed by atoms with van der Waals surface area (Å²) in [7, 11) is 0. The van der Waals surface area contributed by atoms with Crippen molar-refractivity contribution >= 4 is 21.9 Å². The van der Waals surface area contributed by atoms with Gasteiger partial charge in [-0.1, -0.05) is 90.1 Å². The molecule has 0 fully saturated rings. The molecule has 4 rings (SSSR count). The van der Waals surface area contributed by atoms with Crippen LogP contribution in [0.1, 0.15) is 52.7 Å². The third kappa shape index (κ3) is 2.96. The summed E-state index contributed by atoms with van der Waals surface area (Å²) in [5.74, 6) is 0. The summed E-state index contributed by atoms with van der Waals surface area (Å²) >= 11 is 0. The van der Waals surface area contributed by atoms with Gasteiger partial charge in [-0.25, -0.2) is 0 Å². The summed E-state index contributed by atoms with van der Waals surface area (Å²) < 4.78 is 6.14. The fraction of sp³-hybridized carbons (Fsp3) is 0.308. The lowest BCUT2D eigenvalue weighted by atomic mass is 9.72. The number of rotatable bonds is 1. The molecule has 0 aliphatic heterocycles. The van der Waals surface area contributed by atoms with E-state index in [1.165, 1.54) is 33.0 Å². The lowest BCUT2D eigenvalue weighted by Crippen LogP contribution is -2.23. The van der Waals surface area contributed by atoms with Crippen molar-refractivity contribution in [3.63, 3.8) is 0 Å². The van der Waals surface area contributed by atoms with Crippen molar-refractivity contribution in [2.45, 2.75) is 52.4 Å². The minimum absolute atomic E-state index is 0.0426. The normalized spacial score (nSPS) is 12.8. The molecule has 0 radical (unpaired) electrons. The van der Waals surface area contributed by atoms with E-state index in [-0.39, 0.29) is 10.8 Å². The van der Waals surface area contributed by atoms with Crippen LogP contribution < -0.4 is 0 Å². The SMILES string of the molecule is CC(C)(C)c1cccc(-c2cccc3oc4ccccc4c23)c1C(C)(C)C. The smallest absolute Gasteiger partial charge is 0.136 e. The molecule has 1 aromatic heterocycles. The van der Waals surface area contributed by atoms with E-state index in [1.807, 2.05) is 6.07 Å². The lowest BCUT2D eigenvalue weighted by molar-refractivity contribution is 0.531. The Morgan fingerprint density at radius 3 is 1.93 bits per heavy atom. The molecule has 0 saturated heterocycles. The Morgan fingerprint density at radius 1 is 0.593 bits per heavy atom. The molecular formula is C26H28O. The van der Waals surface area contributed by atoms with Crippen LogP contribution in [0.15, 0.2) is 65.1 Å². The highest BCUT2D eigenvalue weighted by Crippen LogP contribution is 2.44. The van der Waals surface area contributed by atoms with E-state index in [4.69, 9.17) is 4.42 Å². The molecule has 0 unspecified atom stereocenters. The van der Waals surface area contributed by atoms with Gasteiger partial charge in [-0.05, 0) is 45.2 Å². The van der Waals surface area contributed by atoms with Crippen molar-refractivity contribution < 1.29 is 4.42 Å². The Kier molecular flexibility index (Phi) is 3.96. The minimum Gasteiger partial charge on any atom is -0.456 e. The van der Waals surface area contributed by atoms with E-state index in [0.717, 1.165) is 11.2 Å². The molecule has 4 aromatic rings. The molecular weight excluding hydrogens is 328 g/mol. The Balaban J connectivity index is 2.14. The summed E-state index contributed by atoms with van der Waals surface area (Å²) in [6.07, 6.45) is 0. The first kappa shape index (κ1) is 17.9. The van der Waals surface area contributed by atoms with Crippen LogP contribution >= 0.6 is 0 Å². The highest BCUT2D eigenvalue weighted by Gasteiger charge is 2.28. The Bertz CT molecular complexity index is 1130. The predicted octanol–water partition coefficient (Wildman–Crippen LogP) is 7.85. The van der Waals surface area contributed by atoms with Gasteiger partial charge in [0.2, 0.25) is 0 Å². The topological polar surface area (TPSA) is 13.1 Å². The molecule has 0 amide bonds. The third-order valence-electron chi connectivity index (χ3n) is 5.32. The molecule has 0 bridgehead atoms. The number of benzene rings is 3. The quantitative estimate of drug-likeness (QED) is 0.338. The fourth-order valence-electron chi connectivity index (χ4n) is 4.21. The zero-order valence-electron chi connectivity index (χ0n) is 17.2. The van der Waals surface area contributed by atoms with E-state index in [9.17, 15) is 0 Å². The number of fused-ring (bicyclic) bond motifs is 3. The lowest BCUT2D eigenvalue weighted by Gasteiger charge is -2.32. The number of hydrogen-bond acceptors (Lipinski definition) is 1. The summed E-state index contributed by atoms with van der Waals surface area (Å²) in [6.45, 7) is 13.8. The van der Waals surface area contributed by atoms with Crippen molar-refractivity contribution in [3.05, 3.63) is 71.8 Å². The average molecular weight is 357 g/mol. The molecule has 0 atom stereocenters. The van der Waals surface area contributed by atoms with Gasteiger partial charge < -0.3 is 4.42 Å². The highest BCUT2D eigenvalue weighted by atomic mass is 16.3. The molecule has 1 heteroatoms. The van der Waals surface area contributed by atoms with Crippen LogP contribution in [0.4, 0.5) is 0 Å². The van der Waals surface area contributed by atoms with Gasteiger partial charge in [0.25, 0.3) is 0 Å². The van der Waals surface area contributed by atoms with Gasteiger partial charge in [-0.15, -0.1) is 0 Å². The van der Waals surface area contributed by atoms with Crippen LogP contribution in [0.5, 0.6) is 0 Å². The monoisotopic (exact) mass is 356 g/mol. The molecule has 0 aliphatic rings. The number of furan rings is 1. The van der Waals surface area contributed by atoms with Crippen LogP contribution in [-0.4, -0.2) is 0 Å². The largest absolute Gasteiger partial charge is 0.456 e. The first-order valence-corrected chi connectivity index (χ1v) is 9.72. The van der Waals surface area contributed by atoms with Gasteiger partial charge in [-0.3, -0.25) is 0 Å². The maximum Gasteiger partial charge on any atom is 0.136 e. The van der Waals surface area contributed by atoms with E-state index in [2.05, 4.69) is 96.1 Å². The standard InChI is InChI=1S/C26H28O/c1-25(2,3)20-14-9-13-18(24(20)26(4,5)6)17-12-10-16-22-23(17)19-11-7-8-15-21(19)27-22/h7-16H,1-6H3. The minimum atomic E-state index is 0.0426. The number of para-hydroxylation sites is 1. The zero-order chi connectivity index (χ0) is 19.4. The van der Waals surface area contributed by atoms with Gasteiger partial charge >= 0.3 is 0 Å². The molecule has 27 heavy (non-hydrogen) atoms. The van der Waals surface area contributed by atoms with Crippen LogP contribution in [0.25, 0.3) is 33.1 Å². The van der Waals surface area contributed by atoms with Crippen LogP contribution in [0, 0.1) is 0 Å². The molecule has 1 heterocycles. The molecule has 1 nitrogen and oxygen atoms in total. The molecule has 0 saturated carbocycles. The molecule has 0 N–H and O–H groups in total. The predicted molar refractivity (Wildman–Crippen MR) is 117 cm³/mol. The Morgan fingerprint density at radius 2 is 1.22 bits per heavy atom. The van der Waals surface area contributed by atoms with E-state index in [0.29, 0.717) is 0 Å². The molecule has 3 aromatic carbocycles. The van der Waals surface area contributed by atoms with Crippen LogP contribution in [0.3, 0.4) is 0 Å². The zero-order valence-corrected chi connectivity index (χ0v) is 17.2. The summed E-state index contributed by atoms with van der Waals surface area (Å²) in [6, 6.07) is 21.5. The summed E-state index contributed by atoms with van der Waals surface area (Å²) in [5.41, 5.74) is 7.44. The first-order chi connectivity index (χ1) is 12.7. The van der Waals surface area contributed by atoms with Gasteiger partial charge in [0.15, 0.2) is 0 Å². The second-order valence-corrected chi connectivity index (χ2v) is 9.51. The molecule has 138 valence electrons. The Labute approximate surface area is 162 Å². The first-order valence-electron chi connectivity index (χ1n) is 9.72. The van der Waals surface area contributed by atoms with Crippen molar-refractivity contribution in [3.8, 4) is 11.1 Å². The van der Waals surface area contributed by atoms with Crippen molar-refractivity contribution in [2.75, 3.05) is 0 Å². The maximum absolute atomic E-state index is 6.14. The van der Waals surface area contributed by atoms with Crippen LogP contribution in [-0.2, 0) is 10.8 Å². The van der Waals surface area contributed by atoms with Crippen molar-refractivity contribution in [1.29, 1.82) is 0 Å². The molecule has 0 aliphatic carbocycles. The summed E-state index contributed by atoms with van der Waals surface area (Å²) in [5, 5.41) is 2.40. The van der Waals surface area contributed by atoms with Crippen molar-refractivity contribution in [1.82, 2.24) is 0 Å². The maximum atomic E-state index is 6.14. The average Bonchev–Trinajstić information content (AvgIpc) is 2.98. The second-order valence-electron chi connectivity index (χ2n) is 9.51. The van der Waals surface area contributed by atoms with Gasteiger partial charge in [0, 0.05) is 10.8 Å². The third-order valence-corrected chi connectivity index (χ3v) is 5.32. The van der Waals surface area contributed by atoms with Crippen LogP contribution in [0.2, 0.25) is 0 Å². The van der Waals surface area contributed by atoms with E-state index >= 15 is 0 Å². The fourth-order valence-corrected chi connectivity index (χ4v) is 4.21. The number of hydrogen-bond donors (Lipinski definition) is 0. The van der Waals surface area contributed by atoms with Gasteiger partial charge in [-0.2, -0.15) is 0 Å².